The number of sulfonamides is 1. The standard InChI is InChI=1S/C13H21FN2O2S/c1-4-16(13-7-5-6-12(14)10-13)19(17,18)9-8-15-11(2)3/h5-7,10-11,15H,4,8-9H2,1-3H3. The van der Waals surface area contributed by atoms with Gasteiger partial charge < -0.3 is 5.32 Å². The molecule has 0 saturated carbocycles. The van der Waals surface area contributed by atoms with Gasteiger partial charge in [-0.3, -0.25) is 4.31 Å². The van der Waals surface area contributed by atoms with Crippen molar-refractivity contribution in [3.05, 3.63) is 30.1 Å². The number of hydrogen-bond donors (Lipinski definition) is 1. The zero-order valence-corrected chi connectivity index (χ0v) is 12.4. The lowest BCUT2D eigenvalue weighted by atomic mass is 10.3. The molecule has 0 aliphatic heterocycles. The molecule has 0 spiro atoms. The minimum Gasteiger partial charge on any atom is -0.313 e. The molecule has 0 saturated heterocycles. The van der Waals surface area contributed by atoms with Crippen molar-refractivity contribution < 1.29 is 12.8 Å². The van der Waals surface area contributed by atoms with E-state index >= 15 is 0 Å². The molecule has 108 valence electrons. The van der Waals surface area contributed by atoms with Crippen molar-refractivity contribution in [3.63, 3.8) is 0 Å². The molecular formula is C13H21FN2O2S. The summed E-state index contributed by atoms with van der Waals surface area (Å²) in [6, 6.07) is 5.87. The van der Waals surface area contributed by atoms with Crippen LogP contribution in [0.15, 0.2) is 24.3 Å². The Morgan fingerprint density at radius 3 is 2.58 bits per heavy atom. The molecule has 19 heavy (non-hydrogen) atoms. The predicted molar refractivity (Wildman–Crippen MR) is 76.3 cm³/mol. The summed E-state index contributed by atoms with van der Waals surface area (Å²) in [4.78, 5) is 0. The molecule has 1 aromatic carbocycles. The molecule has 0 aliphatic rings. The molecule has 0 heterocycles. The maximum absolute atomic E-state index is 13.2. The van der Waals surface area contributed by atoms with Gasteiger partial charge in [-0.05, 0) is 25.1 Å². The number of rotatable bonds is 7. The fourth-order valence-corrected chi connectivity index (χ4v) is 3.18. The highest BCUT2D eigenvalue weighted by Crippen LogP contribution is 2.18. The van der Waals surface area contributed by atoms with Crippen LogP contribution < -0.4 is 9.62 Å². The Morgan fingerprint density at radius 1 is 1.37 bits per heavy atom. The summed E-state index contributed by atoms with van der Waals surface area (Å²) in [7, 11) is -3.43. The number of nitrogens with zero attached hydrogens (tertiary/aromatic N) is 1. The van der Waals surface area contributed by atoms with E-state index in [0.717, 1.165) is 0 Å². The number of nitrogens with one attached hydrogen (secondary N) is 1. The Bertz CT molecular complexity index is 503. The predicted octanol–water partition coefficient (Wildman–Crippen LogP) is 1.98. The molecule has 0 bridgehead atoms. The van der Waals surface area contributed by atoms with Gasteiger partial charge in [-0.25, -0.2) is 12.8 Å². The fourth-order valence-electron chi connectivity index (χ4n) is 1.76. The molecule has 0 radical (unpaired) electrons. The van der Waals surface area contributed by atoms with E-state index in [-0.39, 0.29) is 18.3 Å². The zero-order chi connectivity index (χ0) is 14.5. The molecule has 4 nitrogen and oxygen atoms in total. The Balaban J connectivity index is 2.84. The molecule has 0 aromatic heterocycles. The third-order valence-electron chi connectivity index (χ3n) is 2.63. The van der Waals surface area contributed by atoms with Gasteiger partial charge in [0, 0.05) is 19.1 Å². The lowest BCUT2D eigenvalue weighted by Gasteiger charge is -2.23. The number of halogens is 1. The molecular weight excluding hydrogens is 267 g/mol. The lowest BCUT2D eigenvalue weighted by molar-refractivity contribution is 0.574. The average Bonchev–Trinajstić information content (AvgIpc) is 2.28. The summed E-state index contributed by atoms with van der Waals surface area (Å²) in [5.74, 6) is -0.443. The number of hydrogen-bond acceptors (Lipinski definition) is 3. The Morgan fingerprint density at radius 2 is 2.05 bits per heavy atom. The van der Waals surface area contributed by atoms with E-state index in [2.05, 4.69) is 5.32 Å². The van der Waals surface area contributed by atoms with Gasteiger partial charge in [0.25, 0.3) is 0 Å². The van der Waals surface area contributed by atoms with Crippen molar-refractivity contribution in [1.82, 2.24) is 5.32 Å². The highest BCUT2D eigenvalue weighted by atomic mass is 32.2. The molecule has 0 fully saturated rings. The summed E-state index contributed by atoms with van der Waals surface area (Å²) in [6.45, 7) is 6.31. The van der Waals surface area contributed by atoms with Crippen molar-refractivity contribution in [1.29, 1.82) is 0 Å². The SMILES string of the molecule is CCN(c1cccc(F)c1)S(=O)(=O)CCNC(C)C. The van der Waals surface area contributed by atoms with Gasteiger partial charge in [0.1, 0.15) is 5.82 Å². The van der Waals surface area contributed by atoms with Crippen LogP contribution in [-0.2, 0) is 10.0 Å². The van der Waals surface area contributed by atoms with E-state index in [1.807, 2.05) is 13.8 Å². The van der Waals surface area contributed by atoms with Gasteiger partial charge in [-0.15, -0.1) is 0 Å². The van der Waals surface area contributed by atoms with E-state index in [9.17, 15) is 12.8 Å². The van der Waals surface area contributed by atoms with Crippen LogP contribution in [0, 0.1) is 5.82 Å². The monoisotopic (exact) mass is 288 g/mol. The molecule has 0 amide bonds. The van der Waals surface area contributed by atoms with E-state index in [1.54, 1.807) is 13.0 Å². The third-order valence-corrected chi connectivity index (χ3v) is 4.49. The van der Waals surface area contributed by atoms with Gasteiger partial charge >= 0.3 is 0 Å². The number of anilines is 1. The second-order valence-electron chi connectivity index (χ2n) is 4.57. The van der Waals surface area contributed by atoms with Gasteiger partial charge in [-0.2, -0.15) is 0 Å². The molecule has 0 aliphatic carbocycles. The van der Waals surface area contributed by atoms with Crippen molar-refractivity contribution in [3.8, 4) is 0 Å². The van der Waals surface area contributed by atoms with Gasteiger partial charge in [0.15, 0.2) is 0 Å². The van der Waals surface area contributed by atoms with Crippen LogP contribution in [-0.4, -0.2) is 33.3 Å². The summed E-state index contributed by atoms with van der Waals surface area (Å²) < 4.78 is 38.8. The second-order valence-corrected chi connectivity index (χ2v) is 6.58. The van der Waals surface area contributed by atoms with E-state index in [0.29, 0.717) is 12.2 Å². The topological polar surface area (TPSA) is 49.4 Å². The highest BCUT2D eigenvalue weighted by Gasteiger charge is 2.20. The lowest BCUT2D eigenvalue weighted by Crippen LogP contribution is -2.37. The van der Waals surface area contributed by atoms with Crippen LogP contribution in [0.4, 0.5) is 10.1 Å². The van der Waals surface area contributed by atoms with Crippen LogP contribution in [0.5, 0.6) is 0 Å². The van der Waals surface area contributed by atoms with Gasteiger partial charge in [-0.1, -0.05) is 19.9 Å². The Labute approximate surface area is 114 Å². The smallest absolute Gasteiger partial charge is 0.236 e. The fraction of sp³-hybridized carbons (Fsp3) is 0.538. The minimum absolute atomic E-state index is 0.00443. The molecule has 1 rings (SSSR count). The van der Waals surface area contributed by atoms with Gasteiger partial charge in [0.2, 0.25) is 10.0 Å². The van der Waals surface area contributed by atoms with Crippen LogP contribution >= 0.6 is 0 Å². The largest absolute Gasteiger partial charge is 0.313 e. The maximum Gasteiger partial charge on any atom is 0.236 e. The van der Waals surface area contributed by atoms with Crippen molar-refractivity contribution >= 4 is 15.7 Å². The Kier molecular flexibility index (Phi) is 5.75. The molecule has 0 atom stereocenters. The first kappa shape index (κ1) is 15.9. The molecule has 1 N–H and O–H groups in total. The normalized spacial score (nSPS) is 11.8. The summed E-state index contributed by atoms with van der Waals surface area (Å²) >= 11 is 0. The van der Waals surface area contributed by atoms with Crippen molar-refractivity contribution in [2.24, 2.45) is 0 Å². The third kappa shape index (κ3) is 4.80. The van der Waals surface area contributed by atoms with E-state index < -0.39 is 15.8 Å². The van der Waals surface area contributed by atoms with Crippen LogP contribution in [0.25, 0.3) is 0 Å². The highest BCUT2D eigenvalue weighted by molar-refractivity contribution is 7.92. The van der Waals surface area contributed by atoms with Crippen LogP contribution in [0.1, 0.15) is 20.8 Å². The first-order chi connectivity index (χ1) is 8.86. The van der Waals surface area contributed by atoms with Crippen molar-refractivity contribution in [2.75, 3.05) is 23.1 Å². The molecule has 1 aromatic rings. The number of benzene rings is 1. The van der Waals surface area contributed by atoms with E-state index in [4.69, 9.17) is 0 Å². The molecule has 0 unspecified atom stereocenters. The van der Waals surface area contributed by atoms with Gasteiger partial charge in [0.05, 0.1) is 11.4 Å². The van der Waals surface area contributed by atoms with Crippen molar-refractivity contribution in [2.45, 2.75) is 26.8 Å². The van der Waals surface area contributed by atoms with E-state index in [1.165, 1.54) is 22.5 Å². The summed E-state index contributed by atoms with van der Waals surface area (Å²) in [6.07, 6.45) is 0. The Hall–Kier alpha value is -1.14. The summed E-state index contributed by atoms with van der Waals surface area (Å²) in [5, 5.41) is 3.06. The maximum atomic E-state index is 13.2. The van der Waals surface area contributed by atoms with Crippen LogP contribution in [0.2, 0.25) is 0 Å². The first-order valence-corrected chi connectivity index (χ1v) is 7.97. The molecule has 6 heteroatoms. The van der Waals surface area contributed by atoms with Crippen LogP contribution in [0.3, 0.4) is 0 Å². The first-order valence-electron chi connectivity index (χ1n) is 6.36. The quantitative estimate of drug-likeness (QED) is 0.834. The summed E-state index contributed by atoms with van der Waals surface area (Å²) in [5.41, 5.74) is 0.368. The minimum atomic E-state index is -3.43. The zero-order valence-electron chi connectivity index (χ0n) is 11.6. The average molecular weight is 288 g/mol. The second kappa shape index (κ2) is 6.86.